The summed E-state index contributed by atoms with van der Waals surface area (Å²) in [5.74, 6) is 1.82. The van der Waals surface area contributed by atoms with E-state index in [0.29, 0.717) is 0 Å². The Morgan fingerprint density at radius 1 is 0.711 bits per heavy atom. The fourth-order valence-corrected chi connectivity index (χ4v) is 6.27. The minimum Gasteiger partial charge on any atom is -0.496 e. The first kappa shape index (κ1) is 22.7. The number of hydrogen-bond acceptors (Lipinski definition) is 3. The summed E-state index contributed by atoms with van der Waals surface area (Å²) in [7, 11) is 1.74. The minimum absolute atomic E-state index is 0.0191. The lowest BCUT2D eigenvalue weighted by atomic mass is 10.0. The van der Waals surface area contributed by atoms with Crippen LogP contribution in [-0.4, -0.2) is 21.1 Å². The zero-order valence-corrected chi connectivity index (χ0v) is 22.4. The lowest BCUT2D eigenvalue weighted by Gasteiger charge is -2.28. The van der Waals surface area contributed by atoms with Crippen LogP contribution in [0.4, 0.5) is 11.4 Å². The Morgan fingerprint density at radius 2 is 1.34 bits per heavy atom. The number of methoxy groups -OCH3 is 1. The van der Waals surface area contributed by atoms with E-state index in [0.717, 1.165) is 45.4 Å². The summed E-state index contributed by atoms with van der Waals surface area (Å²) in [5.41, 5.74) is 7.92. The van der Waals surface area contributed by atoms with Gasteiger partial charge in [-0.1, -0.05) is 60.7 Å². The van der Waals surface area contributed by atoms with Crippen LogP contribution in [0.3, 0.4) is 0 Å². The average molecular weight is 499 g/mol. The van der Waals surface area contributed by atoms with Crippen LogP contribution in [0.1, 0.15) is 30.0 Å². The van der Waals surface area contributed by atoms with Crippen LogP contribution in [0.5, 0.6) is 5.75 Å². The van der Waals surface area contributed by atoms with Gasteiger partial charge in [0, 0.05) is 27.7 Å². The largest absolute Gasteiger partial charge is 0.496 e. The predicted molar refractivity (Wildman–Crippen MR) is 157 cm³/mol. The number of anilines is 2. The van der Waals surface area contributed by atoms with Crippen molar-refractivity contribution in [1.29, 1.82) is 0 Å². The van der Waals surface area contributed by atoms with Gasteiger partial charge in [-0.05, 0) is 62.7 Å². The molecule has 188 valence electrons. The predicted octanol–water partition coefficient (Wildman–Crippen LogP) is 8.32. The van der Waals surface area contributed by atoms with Crippen molar-refractivity contribution in [3.05, 3.63) is 102 Å². The summed E-state index contributed by atoms with van der Waals surface area (Å²) in [4.78, 5) is 7.64. The summed E-state index contributed by atoms with van der Waals surface area (Å²) in [5, 5.41) is 4.85. The van der Waals surface area contributed by atoms with E-state index in [4.69, 9.17) is 9.72 Å². The average Bonchev–Trinajstić information content (AvgIpc) is 3.41. The third kappa shape index (κ3) is 2.96. The highest BCUT2D eigenvalue weighted by Crippen LogP contribution is 2.47. The van der Waals surface area contributed by atoms with Crippen LogP contribution in [0.15, 0.2) is 84.9 Å². The molecule has 0 unspecified atom stereocenters. The van der Waals surface area contributed by atoms with Crippen molar-refractivity contribution in [3.63, 3.8) is 0 Å². The maximum absolute atomic E-state index is 5.72. The van der Waals surface area contributed by atoms with Gasteiger partial charge in [0.05, 0.1) is 29.5 Å². The molecule has 7 rings (SSSR count). The molecule has 5 heteroatoms. The Balaban J connectivity index is 1.78. The number of rotatable bonds is 2. The number of nitrogens with zero attached hydrogens (tertiary/aromatic N) is 4. The second kappa shape index (κ2) is 8.25. The standard InChI is InChI=1S/C33H30N4O/c1-20-28(17-11-19-31(20)38-5)36-23(4)37-32-27(15-10-18-30(32)36)25-13-7-6-12-24(25)26-14-8-9-16-29(26)35-22(3)21(2)34-33(35)37/h6-19,23H,1-5H3/t23-/m1/s1. The zero-order valence-electron chi connectivity index (χ0n) is 22.4. The Labute approximate surface area is 221 Å². The number of ether oxygens (including phenoxy) is 1. The molecule has 0 amide bonds. The Bertz CT molecular complexity index is 1980. The van der Waals surface area contributed by atoms with Crippen LogP contribution in [0.2, 0.25) is 0 Å². The third-order valence-corrected chi connectivity index (χ3v) is 8.19. The first-order valence-electron chi connectivity index (χ1n) is 13.1. The monoisotopic (exact) mass is 498 g/mol. The quantitative estimate of drug-likeness (QED) is 0.241. The molecular formula is C33H30N4O. The minimum atomic E-state index is -0.0191. The second-order valence-corrected chi connectivity index (χ2v) is 10.1. The van der Waals surface area contributed by atoms with Crippen LogP contribution >= 0.6 is 0 Å². The Hall–Kier alpha value is -4.51. The first-order valence-corrected chi connectivity index (χ1v) is 13.1. The van der Waals surface area contributed by atoms with E-state index < -0.39 is 0 Å². The van der Waals surface area contributed by atoms with Crippen molar-refractivity contribution in [3.8, 4) is 5.75 Å². The fraction of sp³-hybridized carbons (Fsp3) is 0.182. The summed E-state index contributed by atoms with van der Waals surface area (Å²) >= 11 is 0. The maximum atomic E-state index is 5.72. The van der Waals surface area contributed by atoms with Gasteiger partial charge in [0.15, 0.2) is 0 Å². The normalized spacial score (nSPS) is 14.7. The topological polar surface area (TPSA) is 34.7 Å². The molecule has 38 heavy (non-hydrogen) atoms. The molecule has 1 atom stereocenters. The molecule has 0 aliphatic carbocycles. The van der Waals surface area contributed by atoms with Gasteiger partial charge in [-0.15, -0.1) is 0 Å². The number of para-hydroxylation sites is 2. The Morgan fingerprint density at radius 3 is 2.11 bits per heavy atom. The number of benzene rings is 4. The SMILES string of the molecule is COc1cccc(N2c3cccc4c5ccccc5c5ccccc5n5c(C)c(C)nc5n(c34)[C@@H]2C)c1C. The summed E-state index contributed by atoms with van der Waals surface area (Å²) in [6.45, 7) is 8.68. The third-order valence-electron chi connectivity index (χ3n) is 8.19. The van der Waals surface area contributed by atoms with Gasteiger partial charge >= 0.3 is 0 Å². The van der Waals surface area contributed by atoms with Crippen molar-refractivity contribution < 1.29 is 4.74 Å². The molecule has 1 aliphatic rings. The van der Waals surface area contributed by atoms with E-state index in [1.807, 2.05) is 6.07 Å². The molecule has 0 N–H and O–H groups in total. The van der Waals surface area contributed by atoms with E-state index in [9.17, 15) is 0 Å². The van der Waals surface area contributed by atoms with Crippen molar-refractivity contribution in [1.82, 2.24) is 14.0 Å². The lowest BCUT2D eigenvalue weighted by molar-refractivity contribution is 0.411. The van der Waals surface area contributed by atoms with Gasteiger partial charge in [0.25, 0.3) is 0 Å². The smallest absolute Gasteiger partial charge is 0.217 e. The number of aryl methyl sites for hydroxylation is 2. The molecule has 6 aromatic rings. The number of imidazole rings is 1. The Kier molecular flexibility index (Phi) is 4.92. The van der Waals surface area contributed by atoms with Crippen molar-refractivity contribution in [2.75, 3.05) is 12.0 Å². The van der Waals surface area contributed by atoms with Gasteiger partial charge in [0.1, 0.15) is 11.9 Å². The summed E-state index contributed by atoms with van der Waals surface area (Å²) in [6, 6.07) is 30.4. The van der Waals surface area contributed by atoms with E-state index in [1.54, 1.807) is 7.11 Å². The van der Waals surface area contributed by atoms with E-state index in [-0.39, 0.29) is 6.17 Å². The van der Waals surface area contributed by atoms with Gasteiger partial charge in [-0.25, -0.2) is 4.98 Å². The van der Waals surface area contributed by atoms with E-state index >= 15 is 0 Å². The molecular weight excluding hydrogens is 468 g/mol. The summed E-state index contributed by atoms with van der Waals surface area (Å²) in [6.07, 6.45) is -0.0191. The molecule has 5 nitrogen and oxygen atoms in total. The highest BCUT2D eigenvalue weighted by molar-refractivity contribution is 6.16. The molecule has 0 saturated carbocycles. The highest BCUT2D eigenvalue weighted by atomic mass is 16.5. The number of aromatic nitrogens is 3. The molecule has 0 radical (unpaired) electrons. The maximum Gasteiger partial charge on any atom is 0.217 e. The van der Waals surface area contributed by atoms with E-state index in [2.05, 4.69) is 120 Å². The van der Waals surface area contributed by atoms with Crippen LogP contribution in [0, 0.1) is 20.8 Å². The molecule has 1 aliphatic heterocycles. The number of hydrogen-bond donors (Lipinski definition) is 0. The fourth-order valence-electron chi connectivity index (χ4n) is 6.27. The van der Waals surface area contributed by atoms with Gasteiger partial charge in [-0.2, -0.15) is 0 Å². The molecule has 3 heterocycles. The summed E-state index contributed by atoms with van der Waals surface area (Å²) < 4.78 is 10.5. The number of fused-ring (bicyclic) bond motifs is 7. The van der Waals surface area contributed by atoms with E-state index in [1.165, 1.54) is 27.1 Å². The van der Waals surface area contributed by atoms with Gasteiger partial charge in [0.2, 0.25) is 5.78 Å². The molecule has 0 bridgehead atoms. The molecule has 0 fully saturated rings. The second-order valence-electron chi connectivity index (χ2n) is 10.1. The first-order chi connectivity index (χ1) is 18.5. The zero-order chi connectivity index (χ0) is 26.1. The lowest BCUT2D eigenvalue weighted by Crippen LogP contribution is -2.22. The molecule has 2 aromatic heterocycles. The highest BCUT2D eigenvalue weighted by Gasteiger charge is 2.32. The molecule has 0 spiro atoms. The van der Waals surface area contributed by atoms with Crippen LogP contribution in [0.25, 0.3) is 38.4 Å². The van der Waals surface area contributed by atoms with Gasteiger partial charge in [-0.3, -0.25) is 8.97 Å². The van der Waals surface area contributed by atoms with Crippen molar-refractivity contribution in [2.24, 2.45) is 0 Å². The van der Waals surface area contributed by atoms with Crippen molar-refractivity contribution in [2.45, 2.75) is 33.9 Å². The molecule has 4 aromatic carbocycles. The van der Waals surface area contributed by atoms with Crippen LogP contribution in [-0.2, 0) is 0 Å². The molecule has 0 saturated heterocycles. The van der Waals surface area contributed by atoms with Crippen molar-refractivity contribution >= 4 is 49.7 Å². The van der Waals surface area contributed by atoms with Crippen LogP contribution < -0.4 is 9.64 Å². The van der Waals surface area contributed by atoms with Gasteiger partial charge < -0.3 is 9.64 Å².